The molecule has 2 aromatic rings. The molecule has 3 aliphatic rings. The molecule has 2 aliphatic carbocycles. The van der Waals surface area contributed by atoms with E-state index in [1.807, 2.05) is 0 Å². The summed E-state index contributed by atoms with van der Waals surface area (Å²) in [5.74, 6) is 0.376. The first-order valence-corrected chi connectivity index (χ1v) is 26.5. The molecule has 2 N–H and O–H groups in total. The fourth-order valence-electron chi connectivity index (χ4n) is 8.22. The van der Waals surface area contributed by atoms with Crippen molar-refractivity contribution >= 4 is 31.6 Å². The third-order valence-corrected chi connectivity index (χ3v) is 17.1. The van der Waals surface area contributed by atoms with Crippen LogP contribution in [0.5, 0.6) is 11.5 Å². The van der Waals surface area contributed by atoms with Crippen molar-refractivity contribution in [1.29, 1.82) is 0 Å². The second-order valence-corrected chi connectivity index (χ2v) is 22.8. The normalized spacial score (nSPS) is 19.7. The van der Waals surface area contributed by atoms with Crippen LogP contribution in [-0.2, 0) is 51.9 Å². The van der Waals surface area contributed by atoms with Crippen molar-refractivity contribution in [1.82, 2.24) is 14.6 Å². The quantitative estimate of drug-likeness (QED) is 0.0992. The van der Waals surface area contributed by atoms with Crippen molar-refractivity contribution in [3.8, 4) is 11.5 Å². The van der Waals surface area contributed by atoms with Crippen LogP contribution in [0.15, 0.2) is 46.2 Å². The molecule has 0 bridgehead atoms. The SMILES string of the molecule is CC(CCn1ccc(OCCCC2CCCCC2)cc1=O)(C(=O)NOC1CCCCO1)S(C)(=O)=O.CC(CCn1ccc(OCCCC2CCCCC2)cc1=O)(C(=O)O)S(C)(=O)=O. The Labute approximate surface area is 373 Å². The summed E-state index contributed by atoms with van der Waals surface area (Å²) in [7, 11) is -7.62. The van der Waals surface area contributed by atoms with Gasteiger partial charge in [0.1, 0.15) is 11.5 Å². The summed E-state index contributed by atoms with van der Waals surface area (Å²) < 4.78 is 64.5. The van der Waals surface area contributed by atoms with E-state index in [4.69, 9.17) is 19.0 Å². The van der Waals surface area contributed by atoms with Gasteiger partial charge >= 0.3 is 5.97 Å². The number of hydrogen-bond acceptors (Lipinski definition) is 12. The van der Waals surface area contributed by atoms with Gasteiger partial charge in [-0.05, 0) is 89.2 Å². The predicted octanol–water partition coefficient (Wildman–Crippen LogP) is 6.22. The van der Waals surface area contributed by atoms with Crippen LogP contribution in [0.3, 0.4) is 0 Å². The lowest BCUT2D eigenvalue weighted by Gasteiger charge is -2.28. The van der Waals surface area contributed by atoms with Crippen LogP contribution in [-0.4, -0.2) is 91.1 Å². The van der Waals surface area contributed by atoms with Gasteiger partial charge in [-0.3, -0.25) is 19.2 Å². The summed E-state index contributed by atoms with van der Waals surface area (Å²) in [6, 6.07) is 6.12. The topological polar surface area (TPSA) is 216 Å². The summed E-state index contributed by atoms with van der Waals surface area (Å²) in [6.45, 7) is 4.22. The minimum Gasteiger partial charge on any atom is -0.493 e. The molecule has 2 aromatic heterocycles. The summed E-state index contributed by atoms with van der Waals surface area (Å²) in [5.41, 5.74) is 1.61. The first-order chi connectivity index (χ1) is 29.8. The van der Waals surface area contributed by atoms with Crippen LogP contribution in [0.1, 0.15) is 136 Å². The zero-order valence-corrected chi connectivity index (χ0v) is 39.4. The van der Waals surface area contributed by atoms with E-state index in [1.165, 1.54) is 106 Å². The van der Waals surface area contributed by atoms with E-state index in [-0.39, 0.29) is 37.0 Å². The molecule has 356 valence electrons. The number of nitrogens with one attached hydrogen (secondary N) is 1. The summed E-state index contributed by atoms with van der Waals surface area (Å²) in [5, 5.41) is 9.29. The third kappa shape index (κ3) is 16.0. The maximum atomic E-state index is 12.8. The molecule has 0 spiro atoms. The smallest absolute Gasteiger partial charge is 0.324 e. The molecule has 1 amide bonds. The van der Waals surface area contributed by atoms with Crippen molar-refractivity contribution in [3.63, 3.8) is 0 Å². The second-order valence-electron chi connectivity index (χ2n) is 17.9. The third-order valence-electron chi connectivity index (χ3n) is 13.1. The predicted molar refractivity (Wildman–Crippen MR) is 240 cm³/mol. The molecular formula is C45H71N3O13S2. The highest BCUT2D eigenvalue weighted by Crippen LogP contribution is 2.29. The molecule has 1 saturated heterocycles. The molecule has 3 fully saturated rings. The van der Waals surface area contributed by atoms with Crippen LogP contribution in [0.4, 0.5) is 0 Å². The Balaban J connectivity index is 0.000000284. The lowest BCUT2D eigenvalue weighted by atomic mass is 9.86. The highest BCUT2D eigenvalue weighted by atomic mass is 32.2. The number of hydroxylamine groups is 1. The first kappa shape index (κ1) is 51.9. The first-order valence-electron chi connectivity index (χ1n) is 22.7. The summed E-state index contributed by atoms with van der Waals surface area (Å²) in [4.78, 5) is 54.3. The van der Waals surface area contributed by atoms with E-state index >= 15 is 0 Å². The molecule has 0 aromatic carbocycles. The number of carboxylic acids is 1. The Kier molecular flexibility index (Phi) is 20.2. The monoisotopic (exact) mass is 925 g/mol. The van der Waals surface area contributed by atoms with E-state index in [1.54, 1.807) is 18.3 Å². The van der Waals surface area contributed by atoms with Gasteiger partial charge in [0.2, 0.25) is 0 Å². The molecule has 18 heteroatoms. The lowest BCUT2D eigenvalue weighted by molar-refractivity contribution is -0.201. The van der Waals surface area contributed by atoms with Gasteiger partial charge in [-0.15, -0.1) is 0 Å². The van der Waals surface area contributed by atoms with Crippen molar-refractivity contribution in [3.05, 3.63) is 57.4 Å². The van der Waals surface area contributed by atoms with Crippen molar-refractivity contribution in [2.24, 2.45) is 11.8 Å². The van der Waals surface area contributed by atoms with Crippen LogP contribution in [0, 0.1) is 11.8 Å². The highest BCUT2D eigenvalue weighted by molar-refractivity contribution is 7.93. The molecule has 1 aliphatic heterocycles. The van der Waals surface area contributed by atoms with E-state index in [0.29, 0.717) is 37.7 Å². The average molecular weight is 926 g/mol. The molecule has 0 radical (unpaired) electrons. The van der Waals surface area contributed by atoms with Crippen molar-refractivity contribution in [2.75, 3.05) is 32.3 Å². The number of rotatable bonds is 22. The minimum absolute atomic E-state index is 0.00331. The van der Waals surface area contributed by atoms with Gasteiger partial charge in [0.15, 0.2) is 35.5 Å². The number of ether oxygens (including phenoxy) is 3. The number of aromatic nitrogens is 2. The van der Waals surface area contributed by atoms with E-state index in [2.05, 4.69) is 5.48 Å². The Morgan fingerprint density at radius 3 is 1.56 bits per heavy atom. The zero-order chi connectivity index (χ0) is 46.1. The fourth-order valence-corrected chi connectivity index (χ4v) is 9.84. The Hall–Kier alpha value is -3.74. The fraction of sp³-hybridized carbons (Fsp3) is 0.733. The van der Waals surface area contributed by atoms with Crippen LogP contribution >= 0.6 is 0 Å². The molecule has 3 heterocycles. The van der Waals surface area contributed by atoms with Crippen molar-refractivity contribution < 1.29 is 50.6 Å². The maximum Gasteiger partial charge on any atom is 0.324 e. The summed E-state index contributed by atoms with van der Waals surface area (Å²) in [6.07, 6.45) is 24.0. The Morgan fingerprint density at radius 1 is 0.714 bits per heavy atom. The van der Waals surface area contributed by atoms with Gasteiger partial charge in [-0.1, -0.05) is 64.2 Å². The minimum atomic E-state index is -3.82. The van der Waals surface area contributed by atoms with E-state index < -0.39 is 47.3 Å². The second kappa shape index (κ2) is 24.5. The summed E-state index contributed by atoms with van der Waals surface area (Å²) >= 11 is 0. The van der Waals surface area contributed by atoms with Gasteiger partial charge < -0.3 is 28.5 Å². The number of aliphatic carboxylic acids is 1. The molecule has 5 rings (SSSR count). The number of hydrogen-bond donors (Lipinski definition) is 2. The molecule has 63 heavy (non-hydrogen) atoms. The van der Waals surface area contributed by atoms with Gasteiger partial charge in [-0.25, -0.2) is 27.2 Å². The number of carbonyl (C=O) groups is 2. The maximum absolute atomic E-state index is 12.8. The van der Waals surface area contributed by atoms with Crippen molar-refractivity contribution in [2.45, 2.75) is 165 Å². The number of nitrogens with zero attached hydrogens (tertiary/aromatic N) is 2. The lowest BCUT2D eigenvalue weighted by Crippen LogP contribution is -2.51. The number of aryl methyl sites for hydroxylation is 2. The van der Waals surface area contributed by atoms with Crippen LogP contribution in [0.25, 0.3) is 0 Å². The van der Waals surface area contributed by atoms with Crippen LogP contribution < -0.4 is 26.1 Å². The van der Waals surface area contributed by atoms with Gasteiger partial charge in [0.25, 0.3) is 17.0 Å². The number of sulfone groups is 2. The highest BCUT2D eigenvalue weighted by Gasteiger charge is 2.44. The van der Waals surface area contributed by atoms with Gasteiger partial charge in [0, 0.05) is 63.2 Å². The molecule has 2 saturated carbocycles. The number of amides is 1. The number of carboxylic acid groups (broad SMARTS) is 1. The number of carbonyl (C=O) groups excluding carboxylic acids is 1. The van der Waals surface area contributed by atoms with Crippen LogP contribution in [0.2, 0.25) is 0 Å². The van der Waals surface area contributed by atoms with Gasteiger partial charge in [-0.2, -0.15) is 0 Å². The molecular weight excluding hydrogens is 855 g/mol. The standard InChI is InChI=1S/C25H40N2O7S.C20H31NO6S/c1-25(35(2,30)31,24(29)26-34-23-12-6-7-17-33-23)14-16-27-15-13-21(19-22(27)28)32-18-8-11-20-9-4-3-5-10-20;1-20(19(23)24,28(2,25)26)11-13-21-12-10-17(15-18(21)22)27-14-6-9-16-7-4-3-5-8-16/h13,15,19-20,23H,3-12,14,16-18H2,1-2H3,(H,26,29);10,12,15-16H,3-9,11,13-14H2,1-2H3,(H,23,24). The van der Waals surface area contributed by atoms with E-state index in [9.17, 15) is 41.1 Å². The largest absolute Gasteiger partial charge is 0.493 e. The van der Waals surface area contributed by atoms with E-state index in [0.717, 1.165) is 62.9 Å². The molecule has 3 atom stereocenters. The zero-order valence-electron chi connectivity index (χ0n) is 37.7. The Morgan fingerprint density at radius 2 is 1.16 bits per heavy atom. The molecule has 16 nitrogen and oxygen atoms in total. The Bertz CT molecular complexity index is 2110. The van der Waals surface area contributed by atoms with Gasteiger partial charge in [0.05, 0.1) is 13.2 Å². The number of pyridine rings is 2. The molecule has 3 unspecified atom stereocenters. The average Bonchev–Trinajstić information content (AvgIpc) is 3.25.